The molecule has 12 nitrogen and oxygen atoms in total. The molecule has 0 atom stereocenters. The third kappa shape index (κ3) is 18.1. The van der Waals surface area contributed by atoms with Gasteiger partial charge in [0.25, 0.3) is 0 Å². The van der Waals surface area contributed by atoms with Crippen molar-refractivity contribution in [2.75, 3.05) is 71.5 Å². The minimum Gasteiger partial charge on any atom is -0.497 e. The maximum Gasteiger partial charge on any atom is 0.131 e. The van der Waals surface area contributed by atoms with Gasteiger partial charge in [-0.1, -0.05) is 170 Å². The van der Waals surface area contributed by atoms with Gasteiger partial charge < -0.3 is 43.1 Å². The largest absolute Gasteiger partial charge is 0.497 e. The van der Waals surface area contributed by atoms with E-state index in [1.165, 1.54) is 16.8 Å². The van der Waals surface area contributed by atoms with Crippen LogP contribution >= 0.6 is 0 Å². The van der Waals surface area contributed by atoms with E-state index in [-0.39, 0.29) is 0 Å². The van der Waals surface area contributed by atoms with Crippen LogP contribution in [0.15, 0.2) is 376 Å². The number of pyridine rings is 3. The van der Waals surface area contributed by atoms with Crippen LogP contribution < -0.4 is 43.1 Å². The van der Waals surface area contributed by atoms with Gasteiger partial charge in [0.2, 0.25) is 0 Å². The van der Waals surface area contributed by atoms with Crippen molar-refractivity contribution in [2.24, 2.45) is 0 Å². The van der Waals surface area contributed by atoms with Crippen molar-refractivity contribution in [3.8, 4) is 135 Å². The van der Waals surface area contributed by atoms with Crippen LogP contribution in [0.1, 0.15) is 0 Å². The molecule has 0 aliphatic heterocycles. The number of para-hydroxylation sites is 4. The van der Waals surface area contributed by atoms with Crippen molar-refractivity contribution in [3.05, 3.63) is 376 Å². The summed E-state index contributed by atoms with van der Waals surface area (Å²) in [4.78, 5) is 21.7. The first-order valence-corrected chi connectivity index (χ1v) is 37.2. The van der Waals surface area contributed by atoms with Crippen LogP contribution in [0.3, 0.4) is 0 Å². The molecule has 0 amide bonds. The molecule has 16 aromatic rings. The van der Waals surface area contributed by atoms with Gasteiger partial charge in [-0.3, -0.25) is 0 Å². The van der Waals surface area contributed by atoms with E-state index in [1.807, 2.05) is 121 Å². The summed E-state index contributed by atoms with van der Waals surface area (Å²) in [5.74, 6) is 4.39. The van der Waals surface area contributed by atoms with Gasteiger partial charge in [0.1, 0.15) is 34.5 Å². The maximum atomic E-state index is 5.77. The van der Waals surface area contributed by atoms with Crippen LogP contribution in [-0.4, -0.2) is 71.7 Å². The lowest BCUT2D eigenvalue weighted by molar-refractivity contribution is 0.395. The zero-order valence-electron chi connectivity index (χ0n) is 64.4. The first-order valence-electron chi connectivity index (χ1n) is 37.2. The second-order valence-electron chi connectivity index (χ2n) is 26.7. The molecule has 0 fully saturated rings. The van der Waals surface area contributed by atoms with Crippen molar-refractivity contribution in [1.82, 2.24) is 15.0 Å². The fraction of sp³-hybridized carbons (Fsp3) is 0.0792. The third-order valence-electron chi connectivity index (χ3n) is 19.4. The number of nitrogens with zero attached hydrogens (tertiary/aromatic N) is 6. The van der Waals surface area contributed by atoms with Crippen molar-refractivity contribution in [2.45, 2.75) is 0 Å². The molecule has 0 aliphatic rings. The Kier molecular flexibility index (Phi) is 24.1. The number of ether oxygens (including phenoxy) is 6. The molecule has 0 aliphatic carbocycles. The highest BCUT2D eigenvalue weighted by atomic mass is 16.5. The van der Waals surface area contributed by atoms with Crippen LogP contribution in [0, 0.1) is 0 Å². The van der Waals surface area contributed by atoms with Crippen LogP contribution in [0.2, 0.25) is 0 Å². The van der Waals surface area contributed by atoms with E-state index in [2.05, 4.69) is 284 Å². The molecule has 16 rings (SSSR count). The molecule has 0 bridgehead atoms. The lowest BCUT2D eigenvalue weighted by atomic mass is 9.98. The molecule has 0 spiro atoms. The average molecular weight is 1480 g/mol. The molecule has 0 saturated heterocycles. The smallest absolute Gasteiger partial charge is 0.131 e. The fourth-order valence-electron chi connectivity index (χ4n) is 13.5. The van der Waals surface area contributed by atoms with Gasteiger partial charge in [-0.2, -0.15) is 0 Å². The summed E-state index contributed by atoms with van der Waals surface area (Å²) in [6.07, 6.45) is 0. The van der Waals surface area contributed by atoms with E-state index >= 15 is 0 Å². The number of methoxy groups -OCH3 is 6. The topological polar surface area (TPSA) is 104 Å². The Morgan fingerprint density at radius 2 is 0.416 bits per heavy atom. The van der Waals surface area contributed by atoms with Gasteiger partial charge in [0.15, 0.2) is 0 Å². The quantitative estimate of drug-likeness (QED) is 0.0645. The monoisotopic (exact) mass is 1480 g/mol. The van der Waals surface area contributed by atoms with Crippen LogP contribution in [0.25, 0.3) is 101 Å². The molecule has 13 aromatic carbocycles. The molecule has 0 radical (unpaired) electrons. The predicted molar refractivity (Wildman–Crippen MR) is 465 cm³/mol. The molecule has 3 aromatic heterocycles. The summed E-state index contributed by atoms with van der Waals surface area (Å²) in [5.41, 5.74) is 25.7. The minimum atomic E-state index is 0.670. The molecule has 3 heterocycles. The van der Waals surface area contributed by atoms with Gasteiger partial charge in [0.05, 0.1) is 76.8 Å². The highest BCUT2D eigenvalue weighted by molar-refractivity contribution is 5.86. The molecule has 556 valence electrons. The van der Waals surface area contributed by atoms with Gasteiger partial charge >= 0.3 is 0 Å². The van der Waals surface area contributed by atoms with E-state index in [0.29, 0.717) is 23.0 Å². The van der Waals surface area contributed by atoms with E-state index in [4.69, 9.17) is 43.4 Å². The SMILES string of the molecule is CN(C)c1ccc(-c2cc(-c3ccccc3)nc(-c3ccccc3)c2)cc1.COc1ccc(-c2cc(-c3ccc(N(c4ccccc4)c4ccccc4)cc3)cc(-c3ccc(OC)cc3)n2)cc1.COc1ccc(-c2cc(-c3ccc(N(c4ccccc4)c4ccccc4)cc3)cc(-c3ccc(OC)cc3OC)n2)c(OC)c1. The maximum absolute atomic E-state index is 5.77. The second-order valence-corrected chi connectivity index (χ2v) is 26.7. The summed E-state index contributed by atoms with van der Waals surface area (Å²) in [6.45, 7) is 0. The summed E-state index contributed by atoms with van der Waals surface area (Å²) >= 11 is 0. The molecular formula is C101H86N6O6. The van der Waals surface area contributed by atoms with Crippen molar-refractivity contribution in [1.29, 1.82) is 0 Å². The molecular weight excluding hydrogens is 1390 g/mol. The lowest BCUT2D eigenvalue weighted by Gasteiger charge is -2.25. The highest BCUT2D eigenvalue weighted by Gasteiger charge is 2.20. The third-order valence-corrected chi connectivity index (χ3v) is 19.4. The Morgan fingerprint density at radius 3 is 0.690 bits per heavy atom. The van der Waals surface area contributed by atoms with Crippen molar-refractivity contribution in [3.63, 3.8) is 0 Å². The van der Waals surface area contributed by atoms with E-state index in [1.54, 1.807) is 42.7 Å². The predicted octanol–water partition coefficient (Wildman–Crippen LogP) is 25.3. The second kappa shape index (κ2) is 36.1. The molecule has 113 heavy (non-hydrogen) atoms. The summed E-state index contributed by atoms with van der Waals surface area (Å²) in [6, 6.07) is 129. The van der Waals surface area contributed by atoms with Gasteiger partial charge in [0, 0.05) is 99.4 Å². The van der Waals surface area contributed by atoms with E-state index < -0.39 is 0 Å². The fourth-order valence-corrected chi connectivity index (χ4v) is 13.5. The molecule has 0 saturated carbocycles. The van der Waals surface area contributed by atoms with Crippen molar-refractivity contribution < 1.29 is 28.4 Å². The molecule has 0 N–H and O–H groups in total. The Hall–Kier alpha value is -14.5. The van der Waals surface area contributed by atoms with Gasteiger partial charge in [-0.15, -0.1) is 0 Å². The summed E-state index contributed by atoms with van der Waals surface area (Å²) < 4.78 is 33.2. The van der Waals surface area contributed by atoms with Crippen LogP contribution in [0.5, 0.6) is 34.5 Å². The summed E-state index contributed by atoms with van der Waals surface area (Å²) in [7, 11) is 14.1. The van der Waals surface area contributed by atoms with Crippen LogP contribution in [0.4, 0.5) is 39.8 Å². The Balaban J connectivity index is 0.000000145. The first kappa shape index (κ1) is 75.3. The number of anilines is 7. The van der Waals surface area contributed by atoms with Gasteiger partial charge in [-0.05, 0) is 228 Å². The van der Waals surface area contributed by atoms with Crippen molar-refractivity contribution >= 4 is 39.8 Å². The zero-order chi connectivity index (χ0) is 77.8. The summed E-state index contributed by atoms with van der Waals surface area (Å²) in [5, 5.41) is 0. The highest BCUT2D eigenvalue weighted by Crippen LogP contribution is 2.43. The first-order chi connectivity index (χ1) is 55.5. The Bertz CT molecular complexity index is 5480. The van der Waals surface area contributed by atoms with Gasteiger partial charge in [-0.25, -0.2) is 15.0 Å². The van der Waals surface area contributed by atoms with E-state index in [0.717, 1.165) is 135 Å². The number of benzene rings is 13. The van der Waals surface area contributed by atoms with E-state index in [9.17, 15) is 0 Å². The number of hydrogen-bond acceptors (Lipinski definition) is 12. The molecule has 12 heteroatoms. The average Bonchev–Trinajstić information content (AvgIpc) is 0.797. The number of rotatable bonds is 22. The standard InChI is InChI=1S/C39H34N2O4.C37H30N2O2.C25H22N2/c1-42-32-19-21-34(38(25-32)44-3)36-23-28(24-37(40-36)35-22-20-33(43-2)26-39(35)45-4)27-15-17-31(18-16-27)41(29-11-7-5-8-12-29)30-13-9-6-10-14-30;1-40-34-21-15-28(16-22-34)36-25-30(26-37(38-36)29-17-23-35(41-2)24-18-29)27-13-19-33(20-14-27)39(31-9-5-3-6-10-31)32-11-7-4-8-12-32;1-27(2)23-15-13-19(14-16-23)22-17-24(20-9-5-3-6-10-20)26-25(18-22)21-11-7-4-8-12-21/h5-26H,1-4H3;3-26H,1-2H3;3-18H,1-2H3. The van der Waals surface area contributed by atoms with Crippen LogP contribution in [-0.2, 0) is 0 Å². The number of aromatic nitrogens is 3. The number of hydrogen-bond donors (Lipinski definition) is 0. The normalized spacial score (nSPS) is 10.7. The minimum absolute atomic E-state index is 0.670. The lowest BCUT2D eigenvalue weighted by Crippen LogP contribution is -2.09. The Labute approximate surface area is 662 Å². The molecule has 0 unspecified atom stereocenters. The zero-order valence-corrected chi connectivity index (χ0v) is 64.4. The Morgan fingerprint density at radius 1 is 0.186 bits per heavy atom.